The van der Waals surface area contributed by atoms with Crippen LogP contribution in [0.5, 0.6) is 0 Å². The second-order valence-electron chi connectivity index (χ2n) is 6.56. The summed E-state index contributed by atoms with van der Waals surface area (Å²) in [7, 11) is 0. The molecule has 0 saturated carbocycles. The van der Waals surface area contributed by atoms with Gasteiger partial charge < -0.3 is 20.1 Å². The summed E-state index contributed by atoms with van der Waals surface area (Å²) >= 11 is 0. The van der Waals surface area contributed by atoms with Crippen molar-refractivity contribution in [1.29, 1.82) is 0 Å². The molecule has 2 N–H and O–H groups in total. The molecule has 0 radical (unpaired) electrons. The number of carbonyl (C=O) groups is 1. The zero-order chi connectivity index (χ0) is 15.2. The van der Waals surface area contributed by atoms with E-state index in [9.17, 15) is 4.79 Å². The lowest BCUT2D eigenvalue weighted by Crippen LogP contribution is -2.48. The molecule has 3 unspecified atom stereocenters. The topological polar surface area (TPSA) is 59.6 Å². The Balaban J connectivity index is 2.30. The lowest BCUT2D eigenvalue weighted by Gasteiger charge is -2.31. The molecule has 20 heavy (non-hydrogen) atoms. The van der Waals surface area contributed by atoms with Crippen LogP contribution >= 0.6 is 0 Å². The second kappa shape index (κ2) is 7.84. The Hall–Kier alpha value is -0.810. The highest BCUT2D eigenvalue weighted by Crippen LogP contribution is 2.14. The van der Waals surface area contributed by atoms with E-state index in [0.717, 1.165) is 25.9 Å². The maximum Gasteiger partial charge on any atom is 0.407 e. The van der Waals surface area contributed by atoms with Gasteiger partial charge in [0.15, 0.2) is 0 Å². The molecule has 5 nitrogen and oxygen atoms in total. The van der Waals surface area contributed by atoms with E-state index in [2.05, 4.69) is 24.5 Å². The fourth-order valence-corrected chi connectivity index (χ4v) is 2.32. The van der Waals surface area contributed by atoms with E-state index in [1.54, 1.807) is 0 Å². The highest BCUT2D eigenvalue weighted by molar-refractivity contribution is 5.67. The third-order valence-corrected chi connectivity index (χ3v) is 3.34. The van der Waals surface area contributed by atoms with Crippen molar-refractivity contribution in [1.82, 2.24) is 10.6 Å². The summed E-state index contributed by atoms with van der Waals surface area (Å²) in [5, 5.41) is 6.44. The molecule has 118 valence electrons. The molecule has 0 aromatic rings. The molecule has 1 aliphatic rings. The van der Waals surface area contributed by atoms with Gasteiger partial charge in [-0.15, -0.1) is 0 Å². The molecule has 1 fully saturated rings. The first-order chi connectivity index (χ1) is 9.30. The fourth-order valence-electron chi connectivity index (χ4n) is 2.32. The van der Waals surface area contributed by atoms with E-state index in [1.807, 2.05) is 20.8 Å². The zero-order valence-electron chi connectivity index (χ0n) is 13.5. The molecule has 0 aliphatic carbocycles. The van der Waals surface area contributed by atoms with Crippen LogP contribution in [0.4, 0.5) is 4.79 Å². The molecule has 1 saturated heterocycles. The first-order valence-corrected chi connectivity index (χ1v) is 7.64. The maximum absolute atomic E-state index is 11.6. The van der Waals surface area contributed by atoms with Gasteiger partial charge in [-0.2, -0.15) is 0 Å². The van der Waals surface area contributed by atoms with Crippen molar-refractivity contribution in [3.63, 3.8) is 0 Å². The van der Waals surface area contributed by atoms with Gasteiger partial charge in [0.25, 0.3) is 0 Å². The molecule has 1 heterocycles. The van der Waals surface area contributed by atoms with Crippen molar-refractivity contribution in [3.8, 4) is 0 Å². The SMILES string of the molecule is CCC(CNC(=O)OC(C)(C)C)NC1CCOC(C)C1. The summed E-state index contributed by atoms with van der Waals surface area (Å²) in [6, 6.07) is 0.752. The van der Waals surface area contributed by atoms with E-state index in [4.69, 9.17) is 9.47 Å². The van der Waals surface area contributed by atoms with Gasteiger partial charge in [0, 0.05) is 25.2 Å². The molecule has 0 bridgehead atoms. The lowest BCUT2D eigenvalue weighted by atomic mass is 10.0. The summed E-state index contributed by atoms with van der Waals surface area (Å²) in [5.41, 5.74) is -0.449. The Kier molecular flexibility index (Phi) is 6.76. The number of hydrogen-bond donors (Lipinski definition) is 2. The van der Waals surface area contributed by atoms with Crippen LogP contribution in [0.2, 0.25) is 0 Å². The van der Waals surface area contributed by atoms with Crippen molar-refractivity contribution in [2.75, 3.05) is 13.2 Å². The second-order valence-corrected chi connectivity index (χ2v) is 6.56. The molecule has 0 aromatic heterocycles. The highest BCUT2D eigenvalue weighted by atomic mass is 16.6. The van der Waals surface area contributed by atoms with Crippen LogP contribution in [0.1, 0.15) is 53.9 Å². The van der Waals surface area contributed by atoms with Crippen molar-refractivity contribution < 1.29 is 14.3 Å². The van der Waals surface area contributed by atoms with Crippen molar-refractivity contribution in [2.45, 2.75) is 77.7 Å². The van der Waals surface area contributed by atoms with Crippen LogP contribution in [0.25, 0.3) is 0 Å². The molecular formula is C15H30N2O3. The Bertz CT molecular complexity index is 302. The first kappa shape index (κ1) is 17.2. The molecule has 1 aliphatic heterocycles. The van der Waals surface area contributed by atoms with Gasteiger partial charge in [-0.05, 0) is 47.0 Å². The average Bonchev–Trinajstić information content (AvgIpc) is 2.32. The van der Waals surface area contributed by atoms with Gasteiger partial charge in [-0.25, -0.2) is 4.79 Å². The Morgan fingerprint density at radius 2 is 2.15 bits per heavy atom. The van der Waals surface area contributed by atoms with Gasteiger partial charge in [-0.3, -0.25) is 0 Å². The molecule has 3 atom stereocenters. The van der Waals surface area contributed by atoms with Crippen LogP contribution in [0.15, 0.2) is 0 Å². The van der Waals surface area contributed by atoms with E-state index in [0.29, 0.717) is 18.7 Å². The number of ether oxygens (including phenoxy) is 2. The van der Waals surface area contributed by atoms with Crippen LogP contribution in [0, 0.1) is 0 Å². The van der Waals surface area contributed by atoms with E-state index >= 15 is 0 Å². The number of rotatable bonds is 5. The number of amides is 1. The number of carbonyl (C=O) groups excluding carboxylic acids is 1. The average molecular weight is 286 g/mol. The minimum Gasteiger partial charge on any atom is -0.444 e. The molecule has 1 rings (SSSR count). The molecule has 5 heteroatoms. The standard InChI is InChI=1S/C15H30N2O3/c1-6-12(10-16-14(18)20-15(3,4)5)17-13-7-8-19-11(2)9-13/h11-13,17H,6-10H2,1-5H3,(H,16,18). The third kappa shape index (κ3) is 7.10. The zero-order valence-corrected chi connectivity index (χ0v) is 13.5. The first-order valence-electron chi connectivity index (χ1n) is 7.64. The summed E-state index contributed by atoms with van der Waals surface area (Å²) in [6.45, 7) is 11.2. The van der Waals surface area contributed by atoms with Crippen LogP contribution in [-0.2, 0) is 9.47 Å². The summed E-state index contributed by atoms with van der Waals surface area (Å²) < 4.78 is 10.8. The highest BCUT2D eigenvalue weighted by Gasteiger charge is 2.22. The largest absolute Gasteiger partial charge is 0.444 e. The Morgan fingerprint density at radius 1 is 1.45 bits per heavy atom. The van der Waals surface area contributed by atoms with Gasteiger partial charge in [0.1, 0.15) is 5.60 Å². The molecule has 0 aromatic carbocycles. The third-order valence-electron chi connectivity index (χ3n) is 3.34. The van der Waals surface area contributed by atoms with Gasteiger partial charge in [-0.1, -0.05) is 6.92 Å². The normalized spacial score (nSPS) is 25.1. The number of alkyl carbamates (subject to hydrolysis) is 1. The quantitative estimate of drug-likeness (QED) is 0.815. The minimum absolute atomic E-state index is 0.276. The summed E-state index contributed by atoms with van der Waals surface area (Å²) in [6.07, 6.45) is 3.01. The monoisotopic (exact) mass is 286 g/mol. The molecular weight excluding hydrogens is 256 g/mol. The van der Waals surface area contributed by atoms with Crippen LogP contribution < -0.4 is 10.6 Å². The van der Waals surface area contributed by atoms with Gasteiger partial charge in [0.2, 0.25) is 0 Å². The van der Waals surface area contributed by atoms with Crippen molar-refractivity contribution in [3.05, 3.63) is 0 Å². The van der Waals surface area contributed by atoms with Crippen molar-refractivity contribution >= 4 is 6.09 Å². The Morgan fingerprint density at radius 3 is 2.70 bits per heavy atom. The van der Waals surface area contributed by atoms with Crippen LogP contribution in [0.3, 0.4) is 0 Å². The summed E-state index contributed by atoms with van der Waals surface area (Å²) in [4.78, 5) is 11.6. The van der Waals surface area contributed by atoms with Crippen molar-refractivity contribution in [2.24, 2.45) is 0 Å². The van der Waals surface area contributed by atoms with Gasteiger partial charge >= 0.3 is 6.09 Å². The maximum atomic E-state index is 11.6. The minimum atomic E-state index is -0.449. The van der Waals surface area contributed by atoms with Gasteiger partial charge in [0.05, 0.1) is 6.10 Å². The number of nitrogens with one attached hydrogen (secondary N) is 2. The Labute approximate surface area is 122 Å². The summed E-state index contributed by atoms with van der Waals surface area (Å²) in [5.74, 6) is 0. The number of hydrogen-bond acceptors (Lipinski definition) is 4. The van der Waals surface area contributed by atoms with Crippen LogP contribution in [-0.4, -0.2) is 43.0 Å². The predicted octanol–water partition coefficient (Wildman–Crippen LogP) is 2.45. The van der Waals surface area contributed by atoms with E-state index < -0.39 is 5.60 Å². The smallest absolute Gasteiger partial charge is 0.407 e. The fraction of sp³-hybridized carbons (Fsp3) is 0.933. The predicted molar refractivity (Wildman–Crippen MR) is 79.9 cm³/mol. The lowest BCUT2D eigenvalue weighted by molar-refractivity contribution is 0.0109. The van der Waals surface area contributed by atoms with E-state index in [-0.39, 0.29) is 12.1 Å². The van der Waals surface area contributed by atoms with E-state index in [1.165, 1.54) is 0 Å². The molecule has 0 spiro atoms. The molecule has 1 amide bonds.